The zero-order valence-corrected chi connectivity index (χ0v) is 9.66. The number of benzene rings is 1. The van der Waals surface area contributed by atoms with Gasteiger partial charge in [-0.25, -0.2) is 4.68 Å². The van der Waals surface area contributed by atoms with Gasteiger partial charge in [-0.3, -0.25) is 14.4 Å². The van der Waals surface area contributed by atoms with Crippen molar-refractivity contribution in [3.63, 3.8) is 0 Å². The van der Waals surface area contributed by atoms with Crippen LogP contribution in [0.4, 0.5) is 0 Å². The molecule has 0 aliphatic rings. The second-order valence-corrected chi connectivity index (χ2v) is 3.70. The van der Waals surface area contributed by atoms with Crippen molar-refractivity contribution in [2.24, 2.45) is 7.05 Å². The number of nitrogens with zero attached hydrogens (tertiary/aromatic N) is 2. The molecule has 0 N–H and O–H groups in total. The average molecular weight is 242 g/mol. The van der Waals surface area contributed by atoms with Crippen molar-refractivity contribution >= 4 is 11.6 Å². The van der Waals surface area contributed by atoms with Gasteiger partial charge in [0.05, 0.1) is 0 Å². The molecule has 90 valence electrons. The van der Waals surface area contributed by atoms with Crippen molar-refractivity contribution in [3.05, 3.63) is 64.1 Å². The zero-order valence-electron chi connectivity index (χ0n) is 9.66. The molecule has 1 heterocycles. The van der Waals surface area contributed by atoms with E-state index in [1.807, 2.05) is 0 Å². The van der Waals surface area contributed by atoms with Crippen molar-refractivity contribution in [1.82, 2.24) is 9.78 Å². The van der Waals surface area contributed by atoms with Crippen LogP contribution in [0, 0.1) is 0 Å². The summed E-state index contributed by atoms with van der Waals surface area (Å²) in [6.07, 6.45) is 0. The lowest BCUT2D eigenvalue weighted by Gasteiger charge is -2.01. The van der Waals surface area contributed by atoms with E-state index in [0.717, 1.165) is 4.68 Å². The highest BCUT2D eigenvalue weighted by Gasteiger charge is 2.19. The fourth-order valence-corrected chi connectivity index (χ4v) is 1.46. The lowest BCUT2D eigenvalue weighted by atomic mass is 10.1. The first-order valence-corrected chi connectivity index (χ1v) is 5.28. The SMILES string of the molecule is Cn1nc(C(=O)C(=O)c2ccccc2)ccc1=O. The Balaban J connectivity index is 2.35. The second-order valence-electron chi connectivity index (χ2n) is 3.70. The van der Waals surface area contributed by atoms with E-state index in [4.69, 9.17) is 0 Å². The van der Waals surface area contributed by atoms with E-state index in [1.165, 1.54) is 19.2 Å². The summed E-state index contributed by atoms with van der Waals surface area (Å²) in [7, 11) is 1.42. The maximum Gasteiger partial charge on any atom is 0.266 e. The van der Waals surface area contributed by atoms with E-state index in [9.17, 15) is 14.4 Å². The van der Waals surface area contributed by atoms with Gasteiger partial charge in [0.2, 0.25) is 5.78 Å². The number of rotatable bonds is 3. The maximum atomic E-state index is 11.9. The minimum Gasteiger partial charge on any atom is -0.285 e. The zero-order chi connectivity index (χ0) is 13.1. The highest BCUT2D eigenvalue weighted by Crippen LogP contribution is 2.04. The summed E-state index contributed by atoms with van der Waals surface area (Å²) < 4.78 is 1.02. The molecule has 5 heteroatoms. The Kier molecular flexibility index (Phi) is 3.14. The van der Waals surface area contributed by atoms with Crippen LogP contribution >= 0.6 is 0 Å². The van der Waals surface area contributed by atoms with Gasteiger partial charge in [0, 0.05) is 18.7 Å². The Hall–Kier alpha value is -2.56. The Bertz CT molecular complexity index is 659. The number of carbonyl (C=O) groups excluding carboxylic acids is 2. The Morgan fingerprint density at radius 3 is 2.28 bits per heavy atom. The minimum absolute atomic E-state index is 0.0362. The predicted octanol–water partition coefficient (Wildman–Crippen LogP) is 0.846. The largest absolute Gasteiger partial charge is 0.285 e. The summed E-state index contributed by atoms with van der Waals surface area (Å²) >= 11 is 0. The van der Waals surface area contributed by atoms with Gasteiger partial charge >= 0.3 is 0 Å². The molecule has 0 fully saturated rings. The highest BCUT2D eigenvalue weighted by molar-refractivity contribution is 6.48. The molecule has 18 heavy (non-hydrogen) atoms. The summed E-state index contributed by atoms with van der Waals surface area (Å²) in [5, 5.41) is 3.75. The van der Waals surface area contributed by atoms with E-state index in [-0.39, 0.29) is 11.3 Å². The molecule has 0 aliphatic carbocycles. The lowest BCUT2D eigenvalue weighted by Crippen LogP contribution is -2.24. The Morgan fingerprint density at radius 2 is 1.67 bits per heavy atom. The van der Waals surface area contributed by atoms with Crippen molar-refractivity contribution in [2.75, 3.05) is 0 Å². The van der Waals surface area contributed by atoms with Gasteiger partial charge in [-0.1, -0.05) is 30.3 Å². The minimum atomic E-state index is -0.725. The molecule has 0 saturated carbocycles. The van der Waals surface area contributed by atoms with Crippen LogP contribution in [0.25, 0.3) is 0 Å². The van der Waals surface area contributed by atoms with E-state index in [0.29, 0.717) is 5.56 Å². The third-order valence-electron chi connectivity index (χ3n) is 2.44. The van der Waals surface area contributed by atoms with Gasteiger partial charge in [0.15, 0.2) is 0 Å². The molecule has 0 aliphatic heterocycles. The normalized spacial score (nSPS) is 10.1. The van der Waals surface area contributed by atoms with Crippen LogP contribution in [0.3, 0.4) is 0 Å². The lowest BCUT2D eigenvalue weighted by molar-refractivity contribution is 0.0812. The van der Waals surface area contributed by atoms with Crippen LogP contribution in [-0.4, -0.2) is 21.3 Å². The molecule has 5 nitrogen and oxygen atoms in total. The molecule has 0 atom stereocenters. The van der Waals surface area contributed by atoms with E-state index in [1.54, 1.807) is 30.3 Å². The van der Waals surface area contributed by atoms with E-state index >= 15 is 0 Å². The quantitative estimate of drug-likeness (QED) is 0.591. The summed E-state index contributed by atoms with van der Waals surface area (Å²) in [5.41, 5.74) is -0.0668. The summed E-state index contributed by atoms with van der Waals surface area (Å²) in [6.45, 7) is 0. The average Bonchev–Trinajstić information content (AvgIpc) is 2.41. The molecule has 1 aromatic heterocycles. The molecule has 2 rings (SSSR count). The molecule has 0 saturated heterocycles. The van der Waals surface area contributed by atoms with Crippen molar-refractivity contribution in [1.29, 1.82) is 0 Å². The fraction of sp³-hybridized carbons (Fsp3) is 0.0769. The smallest absolute Gasteiger partial charge is 0.266 e. The molecular weight excluding hydrogens is 232 g/mol. The number of hydrogen-bond donors (Lipinski definition) is 0. The third-order valence-corrected chi connectivity index (χ3v) is 2.44. The van der Waals surface area contributed by atoms with Gasteiger partial charge < -0.3 is 0 Å². The van der Waals surface area contributed by atoms with E-state index in [2.05, 4.69) is 5.10 Å². The van der Waals surface area contributed by atoms with Crippen molar-refractivity contribution < 1.29 is 9.59 Å². The van der Waals surface area contributed by atoms with Gasteiger partial charge in [0.25, 0.3) is 11.3 Å². The Morgan fingerprint density at radius 1 is 1.00 bits per heavy atom. The van der Waals surface area contributed by atoms with Crippen LogP contribution in [-0.2, 0) is 7.05 Å². The summed E-state index contributed by atoms with van der Waals surface area (Å²) in [4.78, 5) is 34.9. The van der Waals surface area contributed by atoms with Gasteiger partial charge in [0.1, 0.15) is 5.69 Å². The number of carbonyl (C=O) groups is 2. The van der Waals surface area contributed by atoms with Crippen LogP contribution in [0.1, 0.15) is 20.8 Å². The molecule has 0 amide bonds. The Labute approximate surface area is 103 Å². The molecule has 1 aromatic carbocycles. The molecule has 0 radical (unpaired) electrons. The van der Waals surface area contributed by atoms with Gasteiger partial charge in [-0.15, -0.1) is 0 Å². The van der Waals surface area contributed by atoms with Crippen molar-refractivity contribution in [3.8, 4) is 0 Å². The molecule has 2 aromatic rings. The van der Waals surface area contributed by atoms with Crippen molar-refractivity contribution in [2.45, 2.75) is 0 Å². The monoisotopic (exact) mass is 242 g/mol. The third kappa shape index (κ3) is 2.24. The highest BCUT2D eigenvalue weighted by atomic mass is 16.2. The molecule has 0 unspecified atom stereocenters. The van der Waals surface area contributed by atoms with Crippen LogP contribution in [0.15, 0.2) is 47.3 Å². The first-order valence-electron chi connectivity index (χ1n) is 5.28. The van der Waals surface area contributed by atoms with Gasteiger partial charge in [-0.05, 0) is 6.07 Å². The van der Waals surface area contributed by atoms with Crippen LogP contribution in [0.2, 0.25) is 0 Å². The molecule has 0 bridgehead atoms. The standard InChI is InChI=1S/C13H10N2O3/c1-15-11(16)8-7-10(14-15)13(18)12(17)9-5-3-2-4-6-9/h2-8H,1H3. The first-order chi connectivity index (χ1) is 8.59. The number of aromatic nitrogens is 2. The predicted molar refractivity (Wildman–Crippen MR) is 64.6 cm³/mol. The van der Waals surface area contributed by atoms with Gasteiger partial charge in [-0.2, -0.15) is 5.10 Å². The molecular formula is C13H10N2O3. The number of ketones is 2. The maximum absolute atomic E-state index is 11.9. The van der Waals surface area contributed by atoms with E-state index < -0.39 is 11.6 Å². The first kappa shape index (κ1) is 11.9. The van der Waals surface area contributed by atoms with Crippen LogP contribution in [0.5, 0.6) is 0 Å². The fourth-order valence-electron chi connectivity index (χ4n) is 1.46. The number of hydrogen-bond acceptors (Lipinski definition) is 4. The van der Waals surface area contributed by atoms with Crippen LogP contribution < -0.4 is 5.56 Å². The molecule has 0 spiro atoms. The topological polar surface area (TPSA) is 69.0 Å². The summed E-state index contributed by atoms with van der Waals surface area (Å²) in [6, 6.07) is 10.7. The summed E-state index contributed by atoms with van der Waals surface area (Å²) in [5.74, 6) is -1.36. The number of Topliss-reactive ketones (excluding diaryl/α,β-unsaturated/α-hetero) is 2. The second kappa shape index (κ2) is 4.75. The number of aryl methyl sites for hydroxylation is 1.